The normalized spacial score (nSPS) is 36.0. The minimum atomic E-state index is 0.792. The SMILES string of the molecule is [SiH2]1[Se][SiH2][Se]1. The molecule has 0 aromatic heterocycles. The van der Waals surface area contributed by atoms with Gasteiger partial charge in [0.15, 0.2) is 0 Å². The molecule has 0 radical (unpaired) electrons. The number of hydrogen-bond donors (Lipinski definition) is 0. The maximum atomic E-state index is 1.40. The third-order valence-electron chi connectivity index (χ3n) is 0.333. The fourth-order valence-electron chi connectivity index (χ4n) is 0.0833. The standard InChI is InChI=1S/H4Se2Si2/c1-3-2-4-1/h3-4H2. The molecule has 0 atom stereocenters. The average Bonchev–Trinajstić information content (AvgIpc) is 0.722. The topological polar surface area (TPSA) is 0 Å². The van der Waals surface area contributed by atoms with Crippen molar-refractivity contribution < 1.29 is 0 Å². The Bertz CT molecular complexity index is 12.0. The predicted molar refractivity (Wildman–Crippen MR) is 28.6 cm³/mol. The molecule has 1 saturated heterocycles. The average molecular weight is 218 g/mol. The molecule has 0 aliphatic carbocycles. The zero-order valence-electron chi connectivity index (χ0n) is 2.23. The van der Waals surface area contributed by atoms with Crippen molar-refractivity contribution in [3.05, 3.63) is 0 Å². The van der Waals surface area contributed by atoms with Crippen molar-refractivity contribution in [2.75, 3.05) is 0 Å². The van der Waals surface area contributed by atoms with Crippen molar-refractivity contribution in [3.8, 4) is 0 Å². The van der Waals surface area contributed by atoms with Crippen LogP contribution in [0.1, 0.15) is 0 Å². The molecule has 1 rings (SSSR count). The van der Waals surface area contributed by atoms with Gasteiger partial charge < -0.3 is 0 Å². The third-order valence-corrected chi connectivity index (χ3v) is 81.0. The van der Waals surface area contributed by atoms with E-state index >= 15 is 0 Å². The Morgan fingerprint density at radius 1 is 1.00 bits per heavy atom. The van der Waals surface area contributed by atoms with Crippen molar-refractivity contribution in [2.45, 2.75) is 0 Å². The van der Waals surface area contributed by atoms with Crippen molar-refractivity contribution in [3.63, 3.8) is 0 Å². The molecule has 0 spiro atoms. The third kappa shape index (κ3) is 0.709. The van der Waals surface area contributed by atoms with Gasteiger partial charge in [0.2, 0.25) is 0 Å². The van der Waals surface area contributed by atoms with Gasteiger partial charge in [0.1, 0.15) is 0 Å². The molecule has 4 heavy (non-hydrogen) atoms. The Morgan fingerprint density at radius 3 is 1.25 bits per heavy atom. The summed E-state index contributed by atoms with van der Waals surface area (Å²) in [6.07, 6.45) is 0. The van der Waals surface area contributed by atoms with Gasteiger partial charge in [-0.2, -0.15) is 0 Å². The second-order valence-corrected chi connectivity index (χ2v) is 38.2. The van der Waals surface area contributed by atoms with Crippen LogP contribution in [0, 0.1) is 0 Å². The van der Waals surface area contributed by atoms with E-state index in [4.69, 9.17) is 0 Å². The first-order valence-electron chi connectivity index (χ1n) is 1.15. The van der Waals surface area contributed by atoms with Gasteiger partial charge in [0.05, 0.1) is 0 Å². The van der Waals surface area contributed by atoms with Gasteiger partial charge in [0.25, 0.3) is 0 Å². The van der Waals surface area contributed by atoms with E-state index in [1.165, 1.54) is 27.4 Å². The van der Waals surface area contributed by atoms with Crippen LogP contribution in [0.25, 0.3) is 0 Å². The molecule has 1 heterocycles. The Morgan fingerprint density at radius 2 is 1.25 bits per heavy atom. The van der Waals surface area contributed by atoms with Crippen molar-refractivity contribution in [2.24, 2.45) is 0 Å². The van der Waals surface area contributed by atoms with Crippen LogP contribution in [0.15, 0.2) is 0 Å². The first kappa shape index (κ1) is 3.66. The van der Waals surface area contributed by atoms with Gasteiger partial charge in [-0.05, 0) is 0 Å². The summed E-state index contributed by atoms with van der Waals surface area (Å²) in [4.78, 5) is 0. The van der Waals surface area contributed by atoms with Crippen LogP contribution < -0.4 is 0 Å². The van der Waals surface area contributed by atoms with Gasteiger partial charge in [0, 0.05) is 0 Å². The van der Waals surface area contributed by atoms with Crippen LogP contribution in [-0.4, -0.2) is 40.8 Å². The van der Waals surface area contributed by atoms with Crippen LogP contribution in [0.2, 0.25) is 0 Å². The van der Waals surface area contributed by atoms with Gasteiger partial charge >= 0.3 is 40.8 Å². The van der Waals surface area contributed by atoms with Gasteiger partial charge in [-0.3, -0.25) is 0 Å². The van der Waals surface area contributed by atoms with E-state index in [0.717, 1.165) is 13.5 Å². The summed E-state index contributed by atoms with van der Waals surface area (Å²) in [6.45, 7) is 1.58. The first-order valence-corrected chi connectivity index (χ1v) is 18.0. The second kappa shape index (κ2) is 1.80. The Labute approximate surface area is 40.9 Å². The molecule has 0 saturated carbocycles. The maximum absolute atomic E-state index is 1.40. The van der Waals surface area contributed by atoms with E-state index in [9.17, 15) is 0 Å². The zero-order chi connectivity index (χ0) is 2.83. The summed E-state index contributed by atoms with van der Waals surface area (Å²) in [5.74, 6) is 0. The quantitative estimate of drug-likeness (QED) is 0.391. The van der Waals surface area contributed by atoms with E-state index < -0.39 is 0 Å². The van der Waals surface area contributed by atoms with E-state index in [1.54, 1.807) is 0 Å². The monoisotopic (exact) mass is 220 g/mol. The Hall–Kier alpha value is 1.47. The molecule has 0 aromatic rings. The summed E-state index contributed by atoms with van der Waals surface area (Å²) in [5, 5.41) is 0. The van der Waals surface area contributed by atoms with Gasteiger partial charge in [-0.25, -0.2) is 0 Å². The van der Waals surface area contributed by atoms with Gasteiger partial charge in [-0.15, -0.1) is 0 Å². The van der Waals surface area contributed by atoms with E-state index in [0.29, 0.717) is 0 Å². The summed E-state index contributed by atoms with van der Waals surface area (Å²) < 4.78 is 0. The van der Waals surface area contributed by atoms with Crippen LogP contribution in [0.3, 0.4) is 0 Å². The molecule has 1 aliphatic rings. The van der Waals surface area contributed by atoms with Crippen LogP contribution in [0.4, 0.5) is 0 Å². The summed E-state index contributed by atoms with van der Waals surface area (Å²) in [6, 6.07) is 0. The molecule has 1 fully saturated rings. The second-order valence-electron chi connectivity index (χ2n) is 0.644. The van der Waals surface area contributed by atoms with Crippen molar-refractivity contribution in [1.82, 2.24) is 0 Å². The van der Waals surface area contributed by atoms with E-state index in [1.807, 2.05) is 0 Å². The zero-order valence-corrected chi connectivity index (χ0v) is 8.49. The van der Waals surface area contributed by atoms with E-state index in [-0.39, 0.29) is 0 Å². The summed E-state index contributed by atoms with van der Waals surface area (Å²) >= 11 is 2.81. The molecule has 1 aliphatic heterocycles. The molecule has 0 aromatic carbocycles. The molecule has 0 amide bonds. The van der Waals surface area contributed by atoms with Crippen LogP contribution in [-0.2, 0) is 0 Å². The molecule has 4 heteroatoms. The van der Waals surface area contributed by atoms with Crippen molar-refractivity contribution >= 4 is 40.8 Å². The molecular weight excluding hydrogens is 214 g/mol. The predicted octanol–water partition coefficient (Wildman–Crippen LogP) is -2.59. The molecule has 0 unspecified atom stereocenters. The minimum absolute atomic E-state index is 0.792. The summed E-state index contributed by atoms with van der Waals surface area (Å²) in [5.41, 5.74) is 0. The molecule has 0 N–H and O–H groups in total. The first-order chi connectivity index (χ1) is 2.00. The van der Waals surface area contributed by atoms with Crippen LogP contribution in [0.5, 0.6) is 0 Å². The number of rotatable bonds is 0. The van der Waals surface area contributed by atoms with Gasteiger partial charge in [-0.1, -0.05) is 0 Å². The molecular formula is H4Se2Si2. The fraction of sp³-hybridized carbons (Fsp3) is 0. The Balaban J connectivity index is 2.00. The summed E-state index contributed by atoms with van der Waals surface area (Å²) in [7, 11) is 0. The fourth-order valence-corrected chi connectivity index (χ4v) is 20.2. The molecule has 24 valence electrons. The van der Waals surface area contributed by atoms with Crippen LogP contribution >= 0.6 is 0 Å². The number of hydrogen-bond acceptors (Lipinski definition) is 0. The molecule has 0 bridgehead atoms. The molecule has 0 nitrogen and oxygen atoms in total. The Kier molecular flexibility index (Phi) is 1.65. The van der Waals surface area contributed by atoms with E-state index in [2.05, 4.69) is 0 Å². The van der Waals surface area contributed by atoms with Crippen molar-refractivity contribution in [1.29, 1.82) is 0 Å².